The van der Waals surface area contributed by atoms with E-state index in [1.165, 1.54) is 0 Å². The zero-order chi connectivity index (χ0) is 11.4. The Labute approximate surface area is 88.7 Å². The lowest BCUT2D eigenvalue weighted by molar-refractivity contribution is -0.131. The Balaban J connectivity index is 3.19. The summed E-state index contributed by atoms with van der Waals surface area (Å²) in [6, 6.07) is 3.30. The molecule has 0 heterocycles. The van der Waals surface area contributed by atoms with Crippen molar-refractivity contribution < 1.29 is 15.0 Å². The van der Waals surface area contributed by atoms with Crippen molar-refractivity contribution in [3.05, 3.63) is 34.9 Å². The molecule has 0 fully saturated rings. The molecule has 0 radical (unpaired) electrons. The molecule has 1 aromatic carbocycles. The summed E-state index contributed by atoms with van der Waals surface area (Å²) in [4.78, 5) is 10.4. The number of phenols is 1. The highest BCUT2D eigenvalue weighted by Gasteiger charge is 2.05. The molecule has 3 nitrogen and oxygen atoms in total. The maximum Gasteiger partial charge on any atom is 0.328 e. The molecule has 0 aliphatic heterocycles. The molecule has 1 aromatic rings. The van der Waals surface area contributed by atoms with Gasteiger partial charge in [-0.25, -0.2) is 4.79 Å². The first kappa shape index (κ1) is 11.3. The van der Waals surface area contributed by atoms with Crippen LogP contribution < -0.4 is 0 Å². The number of carboxylic acids is 1. The molecule has 0 bridgehead atoms. The van der Waals surface area contributed by atoms with Crippen LogP contribution in [0.15, 0.2) is 18.2 Å². The molecule has 0 aliphatic rings. The van der Waals surface area contributed by atoms with E-state index in [1.54, 1.807) is 18.2 Å². The van der Waals surface area contributed by atoms with Gasteiger partial charge >= 0.3 is 5.97 Å². The van der Waals surface area contributed by atoms with E-state index < -0.39 is 5.97 Å². The molecule has 2 N–H and O–H groups in total. The van der Waals surface area contributed by atoms with E-state index in [2.05, 4.69) is 0 Å². The number of carbonyl (C=O) groups is 1. The van der Waals surface area contributed by atoms with Crippen molar-refractivity contribution in [2.45, 2.75) is 20.3 Å². The minimum Gasteiger partial charge on any atom is -0.508 e. The first-order valence-corrected chi connectivity index (χ1v) is 4.78. The predicted molar refractivity (Wildman–Crippen MR) is 58.9 cm³/mol. The minimum atomic E-state index is -0.970. The van der Waals surface area contributed by atoms with Gasteiger partial charge < -0.3 is 10.2 Å². The number of hydrogen-bond acceptors (Lipinski definition) is 2. The molecule has 0 atom stereocenters. The van der Waals surface area contributed by atoms with E-state index in [1.807, 2.05) is 13.8 Å². The van der Waals surface area contributed by atoms with E-state index in [0.717, 1.165) is 29.2 Å². The summed E-state index contributed by atoms with van der Waals surface area (Å²) >= 11 is 0. The maximum atomic E-state index is 10.4. The molecule has 1 rings (SSSR count). The van der Waals surface area contributed by atoms with Crippen LogP contribution in [0.1, 0.15) is 23.6 Å². The number of hydrogen-bond donors (Lipinski definition) is 2. The van der Waals surface area contributed by atoms with Gasteiger partial charge in [0.25, 0.3) is 0 Å². The quantitative estimate of drug-likeness (QED) is 0.746. The fourth-order valence-corrected chi connectivity index (χ4v) is 1.55. The lowest BCUT2D eigenvalue weighted by Gasteiger charge is -2.09. The van der Waals surface area contributed by atoms with Gasteiger partial charge in [0.1, 0.15) is 5.75 Å². The first-order chi connectivity index (χ1) is 7.06. The largest absolute Gasteiger partial charge is 0.508 e. The zero-order valence-corrected chi connectivity index (χ0v) is 8.82. The third kappa shape index (κ3) is 2.59. The summed E-state index contributed by atoms with van der Waals surface area (Å²) in [6.45, 7) is 3.80. The van der Waals surface area contributed by atoms with Crippen LogP contribution >= 0.6 is 0 Å². The van der Waals surface area contributed by atoms with Crippen LogP contribution in [0.25, 0.3) is 6.08 Å². The molecule has 0 aromatic heterocycles. The molecule has 0 amide bonds. The monoisotopic (exact) mass is 206 g/mol. The van der Waals surface area contributed by atoms with Gasteiger partial charge in [0.05, 0.1) is 0 Å². The van der Waals surface area contributed by atoms with Crippen molar-refractivity contribution in [1.29, 1.82) is 0 Å². The van der Waals surface area contributed by atoms with Gasteiger partial charge in [-0.3, -0.25) is 0 Å². The van der Waals surface area contributed by atoms with Crippen molar-refractivity contribution >= 4 is 12.0 Å². The SMILES string of the molecule is CCc1c(C=CC(=O)O)ccc(O)c1C. The fraction of sp³-hybridized carbons (Fsp3) is 0.250. The molecular weight excluding hydrogens is 192 g/mol. The summed E-state index contributed by atoms with van der Waals surface area (Å²) in [7, 11) is 0. The number of benzene rings is 1. The van der Waals surface area contributed by atoms with Crippen LogP contribution in [0.2, 0.25) is 0 Å². The Kier molecular flexibility index (Phi) is 3.50. The summed E-state index contributed by atoms with van der Waals surface area (Å²) in [5, 5.41) is 18.0. The molecule has 0 spiro atoms. The van der Waals surface area contributed by atoms with Crippen LogP contribution in [0.3, 0.4) is 0 Å². The van der Waals surface area contributed by atoms with Gasteiger partial charge in [0.15, 0.2) is 0 Å². The summed E-state index contributed by atoms with van der Waals surface area (Å²) < 4.78 is 0. The average Bonchev–Trinajstić information content (AvgIpc) is 2.19. The molecule has 80 valence electrons. The van der Waals surface area contributed by atoms with Gasteiger partial charge in [-0.15, -0.1) is 0 Å². The third-order valence-electron chi connectivity index (χ3n) is 2.37. The topological polar surface area (TPSA) is 57.5 Å². The minimum absolute atomic E-state index is 0.249. The van der Waals surface area contributed by atoms with Crippen LogP contribution in [0.4, 0.5) is 0 Å². The van der Waals surface area contributed by atoms with Gasteiger partial charge in [-0.1, -0.05) is 13.0 Å². The number of carboxylic acid groups (broad SMARTS) is 1. The number of aliphatic carboxylic acids is 1. The van der Waals surface area contributed by atoms with Crippen LogP contribution in [0, 0.1) is 6.92 Å². The van der Waals surface area contributed by atoms with E-state index >= 15 is 0 Å². The molecular formula is C12H14O3. The first-order valence-electron chi connectivity index (χ1n) is 4.78. The second-order valence-corrected chi connectivity index (χ2v) is 3.30. The van der Waals surface area contributed by atoms with Crippen molar-refractivity contribution in [1.82, 2.24) is 0 Å². The number of rotatable bonds is 3. The highest BCUT2D eigenvalue weighted by Crippen LogP contribution is 2.24. The van der Waals surface area contributed by atoms with Crippen LogP contribution in [-0.2, 0) is 11.2 Å². The lowest BCUT2D eigenvalue weighted by atomic mass is 9.98. The van der Waals surface area contributed by atoms with Crippen molar-refractivity contribution in [3.8, 4) is 5.75 Å². The highest BCUT2D eigenvalue weighted by atomic mass is 16.4. The molecule has 0 aliphatic carbocycles. The number of phenolic OH excluding ortho intramolecular Hbond substituents is 1. The molecule has 0 unspecified atom stereocenters. The van der Waals surface area contributed by atoms with Gasteiger partial charge in [0.2, 0.25) is 0 Å². The van der Waals surface area contributed by atoms with Crippen LogP contribution in [0.5, 0.6) is 5.75 Å². The Bertz CT molecular complexity index is 406. The van der Waals surface area contributed by atoms with Crippen LogP contribution in [-0.4, -0.2) is 16.2 Å². The summed E-state index contributed by atoms with van der Waals surface area (Å²) in [5.74, 6) is -0.720. The fourth-order valence-electron chi connectivity index (χ4n) is 1.55. The number of aromatic hydroxyl groups is 1. The zero-order valence-electron chi connectivity index (χ0n) is 8.82. The third-order valence-corrected chi connectivity index (χ3v) is 2.37. The van der Waals surface area contributed by atoms with Crippen molar-refractivity contribution in [2.24, 2.45) is 0 Å². The second kappa shape index (κ2) is 4.64. The highest BCUT2D eigenvalue weighted by molar-refractivity contribution is 5.85. The Morgan fingerprint density at radius 3 is 2.67 bits per heavy atom. The van der Waals surface area contributed by atoms with E-state index in [0.29, 0.717) is 0 Å². The van der Waals surface area contributed by atoms with Crippen molar-refractivity contribution in [3.63, 3.8) is 0 Å². The standard InChI is InChI=1S/C12H14O3/c1-3-10-8(2)11(13)6-4-9(10)5-7-12(14)15/h4-7,13H,3H2,1-2H3,(H,14,15). The lowest BCUT2D eigenvalue weighted by Crippen LogP contribution is -1.93. The predicted octanol–water partition coefficient (Wildman–Crippen LogP) is 2.36. The molecule has 0 saturated carbocycles. The normalized spacial score (nSPS) is 10.8. The summed E-state index contributed by atoms with van der Waals surface area (Å²) in [5.41, 5.74) is 2.63. The smallest absolute Gasteiger partial charge is 0.328 e. The Hall–Kier alpha value is -1.77. The van der Waals surface area contributed by atoms with E-state index in [9.17, 15) is 9.90 Å². The van der Waals surface area contributed by atoms with Gasteiger partial charge in [-0.2, -0.15) is 0 Å². The van der Waals surface area contributed by atoms with E-state index in [-0.39, 0.29) is 5.75 Å². The van der Waals surface area contributed by atoms with Gasteiger partial charge in [0, 0.05) is 6.08 Å². The van der Waals surface area contributed by atoms with Gasteiger partial charge in [-0.05, 0) is 42.2 Å². The second-order valence-electron chi connectivity index (χ2n) is 3.30. The summed E-state index contributed by atoms with van der Waals surface area (Å²) in [6.07, 6.45) is 3.41. The Morgan fingerprint density at radius 1 is 1.47 bits per heavy atom. The average molecular weight is 206 g/mol. The molecule has 15 heavy (non-hydrogen) atoms. The van der Waals surface area contributed by atoms with Crippen molar-refractivity contribution in [2.75, 3.05) is 0 Å². The van der Waals surface area contributed by atoms with E-state index in [4.69, 9.17) is 5.11 Å². The molecule has 3 heteroatoms. The Morgan fingerprint density at radius 2 is 2.13 bits per heavy atom. The molecule has 0 saturated heterocycles. The maximum absolute atomic E-state index is 10.4.